The van der Waals surface area contributed by atoms with Crippen molar-refractivity contribution in [3.63, 3.8) is 0 Å². The lowest BCUT2D eigenvalue weighted by atomic mass is 9.97. The Morgan fingerprint density at radius 1 is 1.35 bits per heavy atom. The quantitative estimate of drug-likeness (QED) is 0.810. The Morgan fingerprint density at radius 2 is 2.08 bits per heavy atom. The largest absolute Gasteiger partial charge is 0.494 e. The number of ether oxygens (including phenoxy) is 1. The number of hydrogen-bond donors (Lipinski definition) is 1. The van der Waals surface area contributed by atoms with Gasteiger partial charge in [0.25, 0.3) is 0 Å². The lowest BCUT2D eigenvalue weighted by Gasteiger charge is -2.30. The van der Waals surface area contributed by atoms with Gasteiger partial charge in [0.05, 0.1) is 22.6 Å². The molecule has 0 radical (unpaired) electrons. The van der Waals surface area contributed by atoms with Crippen LogP contribution in [-0.2, 0) is 14.8 Å². The molecule has 142 valence electrons. The predicted octanol–water partition coefficient (Wildman–Crippen LogP) is 2.70. The number of carbonyl (C=O) groups is 1. The zero-order valence-electron chi connectivity index (χ0n) is 14.9. The predicted molar refractivity (Wildman–Crippen MR) is 103 cm³/mol. The molecule has 0 bridgehead atoms. The number of carbonyl (C=O) groups excluding carboxylic acids is 1. The molecule has 1 aliphatic rings. The number of hydrogen-bond acceptors (Lipinski definition) is 6. The number of rotatable bonds is 6. The van der Waals surface area contributed by atoms with Crippen LogP contribution in [0.25, 0.3) is 10.2 Å². The third-order valence-electron chi connectivity index (χ3n) is 4.48. The Morgan fingerprint density at radius 3 is 2.73 bits per heavy atom. The fraction of sp³-hybridized carbons (Fsp3) is 0.529. The lowest BCUT2D eigenvalue weighted by Crippen LogP contribution is -2.42. The number of amides is 1. The van der Waals surface area contributed by atoms with Gasteiger partial charge in [-0.3, -0.25) is 4.79 Å². The van der Waals surface area contributed by atoms with Crippen molar-refractivity contribution in [2.45, 2.75) is 26.7 Å². The highest BCUT2D eigenvalue weighted by molar-refractivity contribution is 7.89. The second kappa shape index (κ2) is 7.89. The number of nitrogens with one attached hydrogen (secondary N) is 1. The number of fused-ring (bicyclic) bond motifs is 1. The Labute approximate surface area is 157 Å². The van der Waals surface area contributed by atoms with E-state index in [4.69, 9.17) is 4.74 Å². The minimum Gasteiger partial charge on any atom is -0.494 e. The van der Waals surface area contributed by atoms with Crippen LogP contribution < -0.4 is 10.1 Å². The van der Waals surface area contributed by atoms with Crippen molar-refractivity contribution in [2.75, 3.05) is 30.8 Å². The van der Waals surface area contributed by atoms with E-state index >= 15 is 0 Å². The summed E-state index contributed by atoms with van der Waals surface area (Å²) in [5, 5.41) is 3.44. The van der Waals surface area contributed by atoms with Crippen LogP contribution in [0.1, 0.15) is 26.7 Å². The van der Waals surface area contributed by atoms with Crippen LogP contribution >= 0.6 is 11.3 Å². The summed E-state index contributed by atoms with van der Waals surface area (Å²) in [5.74, 6) is 0.595. The molecule has 1 saturated heterocycles. The van der Waals surface area contributed by atoms with Crippen molar-refractivity contribution in [1.29, 1.82) is 0 Å². The van der Waals surface area contributed by atoms with Crippen LogP contribution in [0.4, 0.5) is 5.13 Å². The molecule has 1 aromatic carbocycles. The number of sulfonamides is 1. The highest BCUT2D eigenvalue weighted by Gasteiger charge is 2.30. The molecule has 7 nitrogen and oxygen atoms in total. The molecule has 0 atom stereocenters. The van der Waals surface area contributed by atoms with Gasteiger partial charge < -0.3 is 10.1 Å². The standard InChI is InChI=1S/C17H23N3O4S2/c1-3-24-13-5-6-14-15(11-13)25-17(18-14)19-16(21)12-7-9-20(10-8-12)26(22,23)4-2/h5-6,11-12H,3-4,7-10H2,1-2H3,(H,18,19,21). The summed E-state index contributed by atoms with van der Waals surface area (Å²) >= 11 is 1.41. The van der Waals surface area contributed by atoms with Gasteiger partial charge >= 0.3 is 0 Å². The Balaban J connectivity index is 1.62. The molecule has 2 aromatic rings. The second-order valence-electron chi connectivity index (χ2n) is 6.14. The molecule has 0 spiro atoms. The van der Waals surface area contributed by atoms with Crippen LogP contribution in [0.3, 0.4) is 0 Å². The van der Waals surface area contributed by atoms with Crippen molar-refractivity contribution in [3.8, 4) is 5.75 Å². The normalized spacial score (nSPS) is 16.7. The molecule has 1 aromatic heterocycles. The van der Waals surface area contributed by atoms with Crippen molar-refractivity contribution in [1.82, 2.24) is 9.29 Å². The summed E-state index contributed by atoms with van der Waals surface area (Å²) in [7, 11) is -3.18. The molecule has 2 heterocycles. The van der Waals surface area contributed by atoms with E-state index in [1.165, 1.54) is 15.6 Å². The van der Waals surface area contributed by atoms with E-state index in [2.05, 4.69) is 10.3 Å². The average Bonchev–Trinajstić information content (AvgIpc) is 3.03. The molecule has 1 aliphatic heterocycles. The molecule has 1 N–H and O–H groups in total. The van der Waals surface area contributed by atoms with Crippen LogP contribution in [0.15, 0.2) is 18.2 Å². The average molecular weight is 398 g/mol. The van der Waals surface area contributed by atoms with Gasteiger partial charge in [-0.25, -0.2) is 17.7 Å². The van der Waals surface area contributed by atoms with Crippen LogP contribution in [0.2, 0.25) is 0 Å². The van der Waals surface area contributed by atoms with Gasteiger partial charge in [-0.15, -0.1) is 0 Å². The molecule has 0 saturated carbocycles. The summed E-state index contributed by atoms with van der Waals surface area (Å²) < 4.78 is 31.7. The minimum absolute atomic E-state index is 0.0948. The number of nitrogens with zero attached hydrogens (tertiary/aromatic N) is 2. The summed E-state index contributed by atoms with van der Waals surface area (Å²) in [6.45, 7) is 4.95. The van der Waals surface area contributed by atoms with Crippen molar-refractivity contribution in [3.05, 3.63) is 18.2 Å². The van der Waals surface area contributed by atoms with E-state index in [1.54, 1.807) is 6.92 Å². The first-order valence-corrected chi connectivity index (χ1v) is 11.2. The van der Waals surface area contributed by atoms with E-state index in [9.17, 15) is 13.2 Å². The zero-order valence-corrected chi connectivity index (χ0v) is 16.5. The zero-order chi connectivity index (χ0) is 18.7. The number of aromatic nitrogens is 1. The molecule has 0 aliphatic carbocycles. The maximum absolute atomic E-state index is 12.5. The van der Waals surface area contributed by atoms with E-state index < -0.39 is 10.0 Å². The maximum Gasteiger partial charge on any atom is 0.229 e. The highest BCUT2D eigenvalue weighted by atomic mass is 32.2. The molecule has 0 unspecified atom stereocenters. The summed E-state index contributed by atoms with van der Waals surface area (Å²) in [6, 6.07) is 5.65. The van der Waals surface area contributed by atoms with Crippen LogP contribution in [-0.4, -0.2) is 49.1 Å². The first-order valence-electron chi connectivity index (χ1n) is 8.75. The number of piperidine rings is 1. The molecule has 9 heteroatoms. The van der Waals surface area contributed by atoms with Crippen LogP contribution in [0.5, 0.6) is 5.75 Å². The molecular formula is C17H23N3O4S2. The van der Waals surface area contributed by atoms with E-state index in [0.29, 0.717) is 37.7 Å². The number of thiazole rings is 1. The van der Waals surface area contributed by atoms with E-state index in [0.717, 1.165) is 16.0 Å². The Hall–Kier alpha value is -1.71. The van der Waals surface area contributed by atoms with Crippen LogP contribution in [0, 0.1) is 5.92 Å². The Kier molecular flexibility index (Phi) is 5.79. The second-order valence-corrected chi connectivity index (χ2v) is 9.43. The van der Waals surface area contributed by atoms with Crippen molar-refractivity contribution >= 4 is 42.6 Å². The van der Waals surface area contributed by atoms with Gasteiger partial charge in [-0.1, -0.05) is 11.3 Å². The Bertz CT molecular complexity index is 887. The molecule has 26 heavy (non-hydrogen) atoms. The van der Waals surface area contributed by atoms with Crippen molar-refractivity contribution in [2.24, 2.45) is 5.92 Å². The highest BCUT2D eigenvalue weighted by Crippen LogP contribution is 2.30. The van der Waals surface area contributed by atoms with E-state index in [-0.39, 0.29) is 17.6 Å². The lowest BCUT2D eigenvalue weighted by molar-refractivity contribution is -0.120. The first kappa shape index (κ1) is 19.1. The fourth-order valence-electron chi connectivity index (χ4n) is 3.00. The van der Waals surface area contributed by atoms with Gasteiger partial charge in [-0.05, 0) is 44.9 Å². The van der Waals surface area contributed by atoms with E-state index in [1.807, 2.05) is 25.1 Å². The van der Waals surface area contributed by atoms with Gasteiger partial charge in [0, 0.05) is 19.0 Å². The van der Waals surface area contributed by atoms with Gasteiger partial charge in [0.1, 0.15) is 5.75 Å². The summed E-state index contributed by atoms with van der Waals surface area (Å²) in [6.07, 6.45) is 1.06. The summed E-state index contributed by atoms with van der Waals surface area (Å²) in [5.41, 5.74) is 0.817. The maximum atomic E-state index is 12.5. The third-order valence-corrected chi connectivity index (χ3v) is 7.30. The SMILES string of the molecule is CCOc1ccc2nc(NC(=O)C3CCN(S(=O)(=O)CC)CC3)sc2c1. The summed E-state index contributed by atoms with van der Waals surface area (Å²) in [4.78, 5) is 16.9. The minimum atomic E-state index is -3.18. The number of benzene rings is 1. The third kappa shape index (κ3) is 4.16. The number of anilines is 1. The molecule has 3 rings (SSSR count). The smallest absolute Gasteiger partial charge is 0.229 e. The topological polar surface area (TPSA) is 88.6 Å². The fourth-order valence-corrected chi connectivity index (χ4v) is 5.03. The molecule has 1 fully saturated rings. The van der Waals surface area contributed by atoms with Gasteiger partial charge in [0.2, 0.25) is 15.9 Å². The molecule has 1 amide bonds. The van der Waals surface area contributed by atoms with Crippen molar-refractivity contribution < 1.29 is 17.9 Å². The first-order chi connectivity index (χ1) is 12.4. The molecular weight excluding hydrogens is 374 g/mol. The monoisotopic (exact) mass is 397 g/mol. The van der Waals surface area contributed by atoms with Gasteiger partial charge in [-0.2, -0.15) is 0 Å². The van der Waals surface area contributed by atoms with Gasteiger partial charge in [0.15, 0.2) is 5.13 Å².